The minimum atomic E-state index is 0.462. The average Bonchev–Trinajstić information content (AvgIpc) is 2.30. The van der Waals surface area contributed by atoms with Crippen LogP contribution in [0.15, 0.2) is 42.7 Å². The molecule has 0 radical (unpaired) electrons. The lowest BCUT2D eigenvalue weighted by molar-refractivity contribution is 0.306. The number of hydrogen-bond donors (Lipinski definition) is 1. The lowest BCUT2D eigenvalue weighted by Crippen LogP contribution is -1.96. The summed E-state index contributed by atoms with van der Waals surface area (Å²) in [5.74, 6) is 0.633. The molecule has 1 aromatic heterocycles. The molecule has 0 spiro atoms. The summed E-state index contributed by atoms with van der Waals surface area (Å²) >= 11 is 5.91. The Labute approximate surface area is 98.8 Å². The van der Waals surface area contributed by atoms with Crippen LogP contribution in [0.5, 0.6) is 5.75 Å². The van der Waals surface area contributed by atoms with Crippen LogP contribution in [0.3, 0.4) is 0 Å². The minimum Gasteiger partial charge on any atom is -0.487 e. The largest absolute Gasteiger partial charge is 0.487 e. The summed E-state index contributed by atoms with van der Waals surface area (Å²) in [6.07, 6.45) is 3.20. The van der Waals surface area contributed by atoms with Crippen molar-refractivity contribution >= 4 is 17.3 Å². The van der Waals surface area contributed by atoms with E-state index in [1.165, 1.54) is 0 Å². The van der Waals surface area contributed by atoms with Crippen LogP contribution in [0.2, 0.25) is 5.02 Å². The Kier molecular flexibility index (Phi) is 3.27. The molecule has 0 atom stereocenters. The van der Waals surface area contributed by atoms with Gasteiger partial charge in [0.05, 0.1) is 0 Å². The minimum absolute atomic E-state index is 0.462. The Morgan fingerprint density at radius 2 is 1.94 bits per heavy atom. The summed E-state index contributed by atoms with van der Waals surface area (Å²) in [7, 11) is 0. The van der Waals surface area contributed by atoms with E-state index in [1.54, 1.807) is 18.5 Å². The molecular formula is C12H11ClN2O. The highest BCUT2D eigenvalue weighted by molar-refractivity contribution is 6.31. The van der Waals surface area contributed by atoms with Crippen molar-refractivity contribution in [3.63, 3.8) is 0 Å². The van der Waals surface area contributed by atoms with E-state index in [0.717, 1.165) is 11.3 Å². The number of nitrogen functional groups attached to an aromatic ring is 1. The number of rotatable bonds is 3. The second-order valence-corrected chi connectivity index (χ2v) is 3.74. The van der Waals surface area contributed by atoms with E-state index in [2.05, 4.69) is 4.98 Å². The second-order valence-electron chi connectivity index (χ2n) is 3.34. The van der Waals surface area contributed by atoms with Gasteiger partial charge >= 0.3 is 0 Å². The fraction of sp³-hybridized carbons (Fsp3) is 0.0833. The molecule has 0 saturated carbocycles. The molecule has 0 fully saturated rings. The van der Waals surface area contributed by atoms with Gasteiger partial charge in [0, 0.05) is 24.1 Å². The molecule has 0 aliphatic carbocycles. The van der Waals surface area contributed by atoms with Crippen LogP contribution in [0.4, 0.5) is 5.69 Å². The number of halogens is 1. The van der Waals surface area contributed by atoms with E-state index < -0.39 is 0 Å². The van der Waals surface area contributed by atoms with Crippen molar-refractivity contribution in [3.8, 4) is 5.75 Å². The van der Waals surface area contributed by atoms with Gasteiger partial charge in [-0.15, -0.1) is 0 Å². The molecule has 4 heteroatoms. The fourth-order valence-electron chi connectivity index (χ4n) is 1.25. The van der Waals surface area contributed by atoms with E-state index in [1.807, 2.05) is 24.3 Å². The monoisotopic (exact) mass is 234 g/mol. The molecule has 0 amide bonds. The molecule has 0 aliphatic heterocycles. The Morgan fingerprint density at radius 1 is 1.19 bits per heavy atom. The number of hydrogen-bond acceptors (Lipinski definition) is 3. The smallest absolute Gasteiger partial charge is 0.141 e. The van der Waals surface area contributed by atoms with Gasteiger partial charge in [-0.05, 0) is 17.7 Å². The first kappa shape index (κ1) is 10.8. The molecule has 0 saturated heterocycles. The maximum absolute atomic E-state index is 5.91. The van der Waals surface area contributed by atoms with Crippen molar-refractivity contribution in [1.29, 1.82) is 0 Å². The van der Waals surface area contributed by atoms with E-state index in [0.29, 0.717) is 17.4 Å². The van der Waals surface area contributed by atoms with Crippen molar-refractivity contribution in [2.75, 3.05) is 5.73 Å². The second kappa shape index (κ2) is 4.86. The Balaban J connectivity index is 2.02. The van der Waals surface area contributed by atoms with Crippen molar-refractivity contribution in [3.05, 3.63) is 53.3 Å². The summed E-state index contributed by atoms with van der Waals surface area (Å²) in [5, 5.41) is 0.512. The quantitative estimate of drug-likeness (QED) is 0.831. The number of anilines is 1. The Bertz CT molecular complexity index is 471. The van der Waals surface area contributed by atoms with Crippen LogP contribution in [0.25, 0.3) is 0 Å². The third-order valence-electron chi connectivity index (χ3n) is 2.11. The Hall–Kier alpha value is -1.74. The zero-order valence-electron chi connectivity index (χ0n) is 8.56. The maximum atomic E-state index is 5.91. The van der Waals surface area contributed by atoms with Gasteiger partial charge in [-0.2, -0.15) is 0 Å². The topological polar surface area (TPSA) is 48.1 Å². The number of nitrogens with zero attached hydrogens (tertiary/aromatic N) is 1. The number of pyridine rings is 1. The lowest BCUT2D eigenvalue weighted by Gasteiger charge is -2.07. The first-order valence-corrected chi connectivity index (χ1v) is 5.20. The number of benzene rings is 1. The molecule has 3 nitrogen and oxygen atoms in total. The highest BCUT2D eigenvalue weighted by Gasteiger charge is 2.00. The molecule has 1 aromatic carbocycles. The van der Waals surface area contributed by atoms with Gasteiger partial charge in [0.2, 0.25) is 0 Å². The van der Waals surface area contributed by atoms with Crippen molar-refractivity contribution in [2.45, 2.75) is 6.61 Å². The van der Waals surface area contributed by atoms with Crippen molar-refractivity contribution in [2.24, 2.45) is 0 Å². The van der Waals surface area contributed by atoms with Gasteiger partial charge in [0.25, 0.3) is 0 Å². The summed E-state index contributed by atoms with van der Waals surface area (Å²) < 4.78 is 5.55. The number of nitrogens with two attached hydrogens (primary N) is 1. The molecule has 82 valence electrons. The van der Waals surface area contributed by atoms with Gasteiger partial charge in [-0.25, -0.2) is 0 Å². The third-order valence-corrected chi connectivity index (χ3v) is 2.39. The number of ether oxygens (including phenoxy) is 1. The zero-order valence-corrected chi connectivity index (χ0v) is 9.32. The van der Waals surface area contributed by atoms with Gasteiger partial charge in [-0.3, -0.25) is 4.98 Å². The number of aromatic nitrogens is 1. The van der Waals surface area contributed by atoms with Gasteiger partial charge in [0.1, 0.15) is 17.4 Å². The highest BCUT2D eigenvalue weighted by atomic mass is 35.5. The van der Waals surface area contributed by atoms with E-state index in [9.17, 15) is 0 Å². The van der Waals surface area contributed by atoms with Gasteiger partial charge < -0.3 is 10.5 Å². The van der Waals surface area contributed by atoms with Crippen LogP contribution in [-0.4, -0.2) is 4.98 Å². The Morgan fingerprint density at radius 3 is 2.62 bits per heavy atom. The van der Waals surface area contributed by atoms with E-state index >= 15 is 0 Å². The van der Waals surface area contributed by atoms with E-state index in [4.69, 9.17) is 22.1 Å². The fourth-order valence-corrected chi connectivity index (χ4v) is 1.43. The van der Waals surface area contributed by atoms with Crippen LogP contribution < -0.4 is 10.5 Å². The highest BCUT2D eigenvalue weighted by Crippen LogP contribution is 2.22. The van der Waals surface area contributed by atoms with Gasteiger partial charge in [-0.1, -0.05) is 23.7 Å². The molecule has 0 unspecified atom stereocenters. The molecular weight excluding hydrogens is 224 g/mol. The predicted octanol–water partition coefficient (Wildman–Crippen LogP) is 2.90. The van der Waals surface area contributed by atoms with Gasteiger partial charge in [0.15, 0.2) is 0 Å². The van der Waals surface area contributed by atoms with Crippen LogP contribution in [-0.2, 0) is 6.61 Å². The molecule has 2 aromatic rings. The molecule has 1 heterocycles. The molecule has 2 N–H and O–H groups in total. The predicted molar refractivity (Wildman–Crippen MR) is 64.4 cm³/mol. The maximum Gasteiger partial charge on any atom is 0.141 e. The summed E-state index contributed by atoms with van der Waals surface area (Å²) in [6, 6.07) is 9.26. The van der Waals surface area contributed by atoms with Crippen LogP contribution in [0, 0.1) is 0 Å². The standard InChI is InChI=1S/C12H11ClN2O/c13-11-7-15-6-5-12(11)16-8-9-1-3-10(14)4-2-9/h1-7H,8,14H2. The normalized spacial score (nSPS) is 10.1. The molecule has 0 aliphatic rings. The molecule has 2 rings (SSSR count). The summed E-state index contributed by atoms with van der Waals surface area (Å²) in [6.45, 7) is 0.462. The average molecular weight is 235 g/mol. The van der Waals surface area contributed by atoms with Crippen molar-refractivity contribution < 1.29 is 4.74 Å². The first-order chi connectivity index (χ1) is 7.75. The molecule has 16 heavy (non-hydrogen) atoms. The van der Waals surface area contributed by atoms with Crippen LogP contribution >= 0.6 is 11.6 Å². The summed E-state index contributed by atoms with van der Waals surface area (Å²) in [4.78, 5) is 3.88. The van der Waals surface area contributed by atoms with Crippen molar-refractivity contribution in [1.82, 2.24) is 4.98 Å². The van der Waals surface area contributed by atoms with E-state index in [-0.39, 0.29) is 0 Å². The lowest BCUT2D eigenvalue weighted by atomic mass is 10.2. The van der Waals surface area contributed by atoms with Crippen LogP contribution in [0.1, 0.15) is 5.56 Å². The molecule has 0 bridgehead atoms. The summed E-state index contributed by atoms with van der Waals surface area (Å²) in [5.41, 5.74) is 7.37. The third kappa shape index (κ3) is 2.64. The first-order valence-electron chi connectivity index (χ1n) is 4.82. The zero-order chi connectivity index (χ0) is 11.4. The SMILES string of the molecule is Nc1ccc(COc2ccncc2Cl)cc1.